The van der Waals surface area contributed by atoms with Gasteiger partial charge in [-0.2, -0.15) is 0 Å². The van der Waals surface area contributed by atoms with Gasteiger partial charge >= 0.3 is 11.9 Å². The van der Waals surface area contributed by atoms with Crippen LogP contribution in [0.2, 0.25) is 0 Å². The van der Waals surface area contributed by atoms with E-state index in [1.165, 1.54) is 24.4 Å². The molecule has 0 aliphatic rings. The fourth-order valence-corrected chi connectivity index (χ4v) is 3.15. The predicted molar refractivity (Wildman–Crippen MR) is 130 cm³/mol. The molecule has 2 N–H and O–H groups in total. The molecule has 182 valence electrons. The minimum Gasteiger partial charge on any atom is -0.508 e. The summed E-state index contributed by atoms with van der Waals surface area (Å²) in [6, 6.07) is 8.48. The molecule has 0 aliphatic carbocycles. The molecule has 0 fully saturated rings. The number of aliphatic imine (C=N–C) groups is 1. The summed E-state index contributed by atoms with van der Waals surface area (Å²) in [7, 11) is 0. The zero-order valence-electron chi connectivity index (χ0n) is 19.4. The normalized spacial score (nSPS) is 12.2. The number of esters is 2. The summed E-state index contributed by atoms with van der Waals surface area (Å²) in [5.74, 6) is -2.29. The van der Waals surface area contributed by atoms with Crippen molar-refractivity contribution in [2.75, 3.05) is 6.61 Å². The number of ketones is 1. The lowest BCUT2D eigenvalue weighted by atomic mass is 10.0. The highest BCUT2D eigenvalue weighted by atomic mass is 79.9. The molecule has 34 heavy (non-hydrogen) atoms. The van der Waals surface area contributed by atoms with Crippen LogP contribution in [0.3, 0.4) is 0 Å². The van der Waals surface area contributed by atoms with Crippen LogP contribution in [0.1, 0.15) is 38.8 Å². The molecule has 0 bridgehead atoms. The van der Waals surface area contributed by atoms with Crippen molar-refractivity contribution in [2.24, 2.45) is 16.8 Å². The monoisotopic (exact) mass is 533 g/mol. The highest BCUT2D eigenvalue weighted by molar-refractivity contribution is 9.10. The summed E-state index contributed by atoms with van der Waals surface area (Å²) in [6.07, 6.45) is 1.53. The largest absolute Gasteiger partial charge is 0.508 e. The fraction of sp³-hybridized carbons (Fsp3) is 0.360. The van der Waals surface area contributed by atoms with E-state index in [9.17, 15) is 24.6 Å². The first kappa shape index (κ1) is 27.2. The van der Waals surface area contributed by atoms with Crippen LogP contribution in [0.4, 0.5) is 0 Å². The van der Waals surface area contributed by atoms with Crippen LogP contribution in [-0.2, 0) is 20.8 Å². The maximum atomic E-state index is 12.4. The van der Waals surface area contributed by atoms with Crippen LogP contribution in [0, 0.1) is 11.8 Å². The number of halogens is 1. The van der Waals surface area contributed by atoms with Gasteiger partial charge in [0.05, 0.1) is 11.8 Å². The number of rotatable bonds is 10. The summed E-state index contributed by atoms with van der Waals surface area (Å²) in [5.41, 5.74) is 1.03. The molecule has 2 aromatic rings. The Hall–Kier alpha value is -3.04. The molecule has 1 atom stereocenters. The summed E-state index contributed by atoms with van der Waals surface area (Å²) in [6.45, 7) is 5.99. The van der Waals surface area contributed by atoms with Crippen molar-refractivity contribution < 1.29 is 34.1 Å². The second kappa shape index (κ2) is 12.4. The Labute approximate surface area is 206 Å². The van der Waals surface area contributed by atoms with E-state index in [4.69, 9.17) is 9.47 Å². The highest BCUT2D eigenvalue weighted by Crippen LogP contribution is 2.35. The Bertz CT molecular complexity index is 1060. The molecule has 0 aromatic heterocycles. The van der Waals surface area contributed by atoms with E-state index in [2.05, 4.69) is 20.9 Å². The van der Waals surface area contributed by atoms with E-state index in [1.807, 2.05) is 0 Å². The Morgan fingerprint density at radius 1 is 1.00 bits per heavy atom. The van der Waals surface area contributed by atoms with Crippen LogP contribution in [-0.4, -0.2) is 46.8 Å². The van der Waals surface area contributed by atoms with E-state index >= 15 is 0 Å². The van der Waals surface area contributed by atoms with Crippen molar-refractivity contribution in [3.8, 4) is 17.2 Å². The van der Waals surface area contributed by atoms with Crippen molar-refractivity contribution in [1.29, 1.82) is 0 Å². The van der Waals surface area contributed by atoms with Gasteiger partial charge < -0.3 is 19.7 Å². The van der Waals surface area contributed by atoms with Gasteiger partial charge in [-0.1, -0.05) is 55.8 Å². The molecule has 0 saturated carbocycles. The number of carbonyl (C=O) groups excluding carboxylic acids is 3. The molecule has 0 radical (unpaired) electrons. The summed E-state index contributed by atoms with van der Waals surface area (Å²) >= 11 is 3.36. The SMILES string of the molecule is CC(C)C(=O)Oc1cc(Br)cc(C=NC(Cc2ccc(O)cc2)C(=O)CO)c1OC(=O)C(C)C. The Morgan fingerprint density at radius 2 is 1.59 bits per heavy atom. The van der Waals surface area contributed by atoms with Crippen LogP contribution in [0.15, 0.2) is 45.9 Å². The lowest BCUT2D eigenvalue weighted by Gasteiger charge is -2.16. The van der Waals surface area contributed by atoms with E-state index < -0.39 is 42.2 Å². The molecule has 2 rings (SSSR count). The van der Waals surface area contributed by atoms with Crippen LogP contribution >= 0.6 is 15.9 Å². The fourth-order valence-electron chi connectivity index (χ4n) is 2.70. The number of aliphatic hydroxyl groups is 1. The van der Waals surface area contributed by atoms with Gasteiger partial charge in [-0.15, -0.1) is 0 Å². The number of hydrogen-bond acceptors (Lipinski definition) is 8. The number of aromatic hydroxyl groups is 1. The smallest absolute Gasteiger partial charge is 0.313 e. The summed E-state index contributed by atoms with van der Waals surface area (Å²) < 4.78 is 11.5. The van der Waals surface area contributed by atoms with Crippen molar-refractivity contribution in [1.82, 2.24) is 0 Å². The number of Topliss-reactive ketones (excluding diaryl/α,β-unsaturated/α-hetero) is 1. The molecule has 0 aliphatic heterocycles. The molecule has 8 nitrogen and oxygen atoms in total. The first-order valence-electron chi connectivity index (χ1n) is 10.7. The molecule has 9 heteroatoms. The van der Waals surface area contributed by atoms with Gasteiger partial charge in [-0.3, -0.25) is 19.4 Å². The molecule has 0 spiro atoms. The number of phenols is 1. The van der Waals surface area contributed by atoms with Gasteiger partial charge in [0.2, 0.25) is 0 Å². The van der Waals surface area contributed by atoms with E-state index in [-0.39, 0.29) is 23.7 Å². The molecule has 0 saturated heterocycles. The molecule has 0 amide bonds. The molecule has 0 heterocycles. The van der Waals surface area contributed by atoms with E-state index in [0.29, 0.717) is 10.0 Å². The van der Waals surface area contributed by atoms with Gasteiger partial charge in [0.25, 0.3) is 0 Å². The third-order valence-electron chi connectivity index (χ3n) is 4.69. The third kappa shape index (κ3) is 7.78. The van der Waals surface area contributed by atoms with Gasteiger partial charge in [0, 0.05) is 22.7 Å². The van der Waals surface area contributed by atoms with E-state index in [1.54, 1.807) is 45.9 Å². The average Bonchev–Trinajstić information content (AvgIpc) is 2.78. The van der Waals surface area contributed by atoms with Crippen LogP contribution in [0.5, 0.6) is 17.2 Å². The Kier molecular flexibility index (Phi) is 9.95. The minimum atomic E-state index is -0.927. The van der Waals surface area contributed by atoms with Crippen molar-refractivity contribution in [3.63, 3.8) is 0 Å². The first-order chi connectivity index (χ1) is 16.0. The predicted octanol–water partition coefficient (Wildman–Crippen LogP) is 3.87. The topological polar surface area (TPSA) is 122 Å². The molecular weight excluding hydrogens is 506 g/mol. The quantitative estimate of drug-likeness (QED) is 0.270. The number of hydrogen-bond donors (Lipinski definition) is 2. The van der Waals surface area contributed by atoms with Crippen LogP contribution < -0.4 is 9.47 Å². The van der Waals surface area contributed by atoms with Crippen molar-refractivity contribution in [2.45, 2.75) is 40.2 Å². The van der Waals surface area contributed by atoms with Crippen molar-refractivity contribution >= 4 is 39.9 Å². The Morgan fingerprint density at radius 3 is 2.15 bits per heavy atom. The number of ether oxygens (including phenoxy) is 2. The summed E-state index contributed by atoms with van der Waals surface area (Å²) in [5, 5.41) is 18.9. The van der Waals surface area contributed by atoms with Gasteiger partial charge in [0.15, 0.2) is 17.3 Å². The van der Waals surface area contributed by atoms with Crippen molar-refractivity contribution in [3.05, 3.63) is 52.0 Å². The molecular formula is C25H28BrNO7. The number of carbonyl (C=O) groups is 3. The zero-order valence-corrected chi connectivity index (χ0v) is 21.0. The minimum absolute atomic E-state index is 0.000481. The zero-order chi connectivity index (χ0) is 25.4. The lowest BCUT2D eigenvalue weighted by molar-refractivity contribution is -0.140. The standard InChI is InChI=1S/C25H28BrNO7/c1-14(2)24(31)33-22-11-18(26)10-17(23(22)34-25(32)15(3)4)12-27-20(21(30)13-28)9-16-5-7-19(29)8-6-16/h5-8,10-12,14-15,20,28-29H,9,13H2,1-4H3. The average molecular weight is 534 g/mol. The second-order valence-electron chi connectivity index (χ2n) is 8.26. The van der Waals surface area contributed by atoms with E-state index in [0.717, 1.165) is 5.56 Å². The number of aliphatic hydroxyl groups excluding tert-OH is 1. The van der Waals surface area contributed by atoms with Gasteiger partial charge in [0.1, 0.15) is 18.4 Å². The molecule has 1 unspecified atom stereocenters. The van der Waals surface area contributed by atoms with Gasteiger partial charge in [-0.05, 0) is 29.8 Å². The third-order valence-corrected chi connectivity index (χ3v) is 5.15. The summed E-state index contributed by atoms with van der Waals surface area (Å²) in [4.78, 5) is 41.3. The maximum Gasteiger partial charge on any atom is 0.313 e. The first-order valence-corrected chi connectivity index (χ1v) is 11.5. The lowest BCUT2D eigenvalue weighted by Crippen LogP contribution is -2.24. The maximum absolute atomic E-state index is 12.4. The molecule has 2 aromatic carbocycles. The number of phenolic OH excluding ortho intramolecular Hbond substituents is 1. The Balaban J connectivity index is 2.49. The number of nitrogens with zero attached hydrogens (tertiary/aromatic N) is 1. The highest BCUT2D eigenvalue weighted by Gasteiger charge is 2.22. The number of benzene rings is 2. The van der Waals surface area contributed by atoms with Gasteiger partial charge in [-0.25, -0.2) is 0 Å². The van der Waals surface area contributed by atoms with Crippen LogP contribution in [0.25, 0.3) is 0 Å². The second-order valence-corrected chi connectivity index (χ2v) is 9.18.